The lowest BCUT2D eigenvalue weighted by Gasteiger charge is -2.32. The number of hydrogen-bond acceptors (Lipinski definition) is 3. The predicted octanol–water partition coefficient (Wildman–Crippen LogP) is 4.07. The third-order valence-corrected chi connectivity index (χ3v) is 4.98. The van der Waals surface area contributed by atoms with Crippen LogP contribution in [-0.4, -0.2) is 29.5 Å². The van der Waals surface area contributed by atoms with Gasteiger partial charge in [0.15, 0.2) is 5.96 Å². The summed E-state index contributed by atoms with van der Waals surface area (Å²) in [5.41, 5.74) is 6.11. The molecule has 3 nitrogen and oxygen atoms in total. The molecule has 1 fully saturated rings. The first-order valence-electron chi connectivity index (χ1n) is 8.91. The summed E-state index contributed by atoms with van der Waals surface area (Å²) in [7, 11) is 0. The van der Waals surface area contributed by atoms with E-state index in [1.54, 1.807) is 0 Å². The Labute approximate surface area is 125 Å². The Bertz CT molecular complexity index is 295. The van der Waals surface area contributed by atoms with E-state index in [2.05, 4.69) is 16.8 Å². The lowest BCUT2D eigenvalue weighted by Crippen LogP contribution is -2.46. The van der Waals surface area contributed by atoms with Crippen molar-refractivity contribution in [3.05, 3.63) is 0 Å². The van der Waals surface area contributed by atoms with Crippen molar-refractivity contribution in [2.45, 2.75) is 96.1 Å². The number of nitrogens with zero attached hydrogens (tertiary/aromatic N) is 2. The Morgan fingerprint density at radius 3 is 2.40 bits per heavy atom. The second-order valence-electron chi connectivity index (χ2n) is 6.61. The summed E-state index contributed by atoms with van der Waals surface area (Å²) in [6.07, 6.45) is 16.4. The fourth-order valence-corrected chi connectivity index (χ4v) is 3.79. The van der Waals surface area contributed by atoms with Crippen LogP contribution in [0.2, 0.25) is 0 Å². The summed E-state index contributed by atoms with van der Waals surface area (Å²) >= 11 is 0. The third-order valence-electron chi connectivity index (χ3n) is 4.98. The smallest absolute Gasteiger partial charge is 0.191 e. The van der Waals surface area contributed by atoms with Crippen molar-refractivity contribution in [1.82, 2.24) is 4.90 Å². The molecule has 1 atom stereocenters. The molecule has 1 aliphatic carbocycles. The fraction of sp³-hybridized carbons (Fsp3) is 0.941. The molecule has 0 aromatic carbocycles. The van der Waals surface area contributed by atoms with E-state index in [0.29, 0.717) is 12.1 Å². The van der Waals surface area contributed by atoms with Crippen molar-refractivity contribution in [3.8, 4) is 0 Å². The first kappa shape index (κ1) is 15.7. The topological polar surface area (TPSA) is 41.6 Å². The van der Waals surface area contributed by atoms with E-state index < -0.39 is 0 Å². The highest BCUT2D eigenvalue weighted by Gasteiger charge is 2.33. The van der Waals surface area contributed by atoms with Crippen molar-refractivity contribution in [2.24, 2.45) is 10.7 Å². The van der Waals surface area contributed by atoms with E-state index in [-0.39, 0.29) is 0 Å². The van der Waals surface area contributed by atoms with Crippen LogP contribution in [0.25, 0.3) is 0 Å². The molecular formula is C17H33N3. The molecule has 0 radical (unpaired) electrons. The maximum Gasteiger partial charge on any atom is 0.191 e. The molecule has 116 valence electrons. The minimum Gasteiger partial charge on any atom is -0.370 e. The Balaban J connectivity index is 1.62. The number of guanidine groups is 1. The van der Waals surface area contributed by atoms with Gasteiger partial charge in [-0.1, -0.05) is 64.7 Å². The van der Waals surface area contributed by atoms with Crippen LogP contribution >= 0.6 is 0 Å². The quantitative estimate of drug-likeness (QED) is 0.646. The molecule has 1 unspecified atom stereocenters. The van der Waals surface area contributed by atoms with Gasteiger partial charge in [0.25, 0.3) is 0 Å². The van der Waals surface area contributed by atoms with Gasteiger partial charge in [-0.25, -0.2) is 0 Å². The zero-order chi connectivity index (χ0) is 14.2. The average Bonchev–Trinajstić information content (AvgIpc) is 3.07. The van der Waals surface area contributed by atoms with E-state index in [9.17, 15) is 0 Å². The lowest BCUT2D eigenvalue weighted by atomic mass is 10.0. The van der Waals surface area contributed by atoms with Gasteiger partial charge in [-0.05, 0) is 19.3 Å². The normalized spacial score (nSPS) is 23.6. The standard InChI is InChI=1S/C17H33N3/c1-2-3-4-5-6-7-8-13-16-14-19-17(18)20(16)15-11-9-10-12-15/h15-16H,2-14H2,1H3,(H2,18,19). The summed E-state index contributed by atoms with van der Waals surface area (Å²) in [5.74, 6) is 0.824. The first-order chi connectivity index (χ1) is 9.83. The van der Waals surface area contributed by atoms with Crippen molar-refractivity contribution in [2.75, 3.05) is 6.54 Å². The van der Waals surface area contributed by atoms with Gasteiger partial charge in [-0.15, -0.1) is 0 Å². The maximum absolute atomic E-state index is 6.11. The SMILES string of the molecule is CCCCCCCCCC1CN=C(N)N1C1CCCC1. The maximum atomic E-state index is 6.11. The van der Waals surface area contributed by atoms with E-state index in [4.69, 9.17) is 5.73 Å². The number of rotatable bonds is 9. The molecule has 2 aliphatic rings. The molecule has 0 aromatic heterocycles. The first-order valence-corrected chi connectivity index (χ1v) is 8.91. The van der Waals surface area contributed by atoms with Crippen molar-refractivity contribution in [1.29, 1.82) is 0 Å². The Morgan fingerprint density at radius 1 is 1.05 bits per heavy atom. The molecule has 1 aliphatic heterocycles. The third kappa shape index (κ3) is 4.39. The molecule has 1 saturated carbocycles. The van der Waals surface area contributed by atoms with Gasteiger partial charge in [0, 0.05) is 6.04 Å². The minimum atomic E-state index is 0.605. The largest absolute Gasteiger partial charge is 0.370 e. The highest BCUT2D eigenvalue weighted by Crippen LogP contribution is 2.28. The highest BCUT2D eigenvalue weighted by atomic mass is 15.3. The molecule has 0 spiro atoms. The van der Waals surface area contributed by atoms with Crippen LogP contribution in [0.1, 0.15) is 84.0 Å². The summed E-state index contributed by atoms with van der Waals surface area (Å²) in [6, 6.07) is 1.30. The van der Waals surface area contributed by atoms with Crippen LogP contribution in [0.4, 0.5) is 0 Å². The van der Waals surface area contributed by atoms with Gasteiger partial charge in [-0.2, -0.15) is 0 Å². The monoisotopic (exact) mass is 279 g/mol. The van der Waals surface area contributed by atoms with Gasteiger partial charge >= 0.3 is 0 Å². The Morgan fingerprint density at radius 2 is 1.70 bits per heavy atom. The molecule has 0 amide bonds. The van der Waals surface area contributed by atoms with Gasteiger partial charge < -0.3 is 10.6 Å². The average molecular weight is 279 g/mol. The lowest BCUT2D eigenvalue weighted by molar-refractivity contribution is 0.244. The van der Waals surface area contributed by atoms with Crippen molar-refractivity contribution < 1.29 is 0 Å². The van der Waals surface area contributed by atoms with Crippen LogP contribution in [0.15, 0.2) is 4.99 Å². The van der Waals surface area contributed by atoms with Crippen molar-refractivity contribution >= 4 is 5.96 Å². The van der Waals surface area contributed by atoms with E-state index >= 15 is 0 Å². The predicted molar refractivity (Wildman–Crippen MR) is 87.0 cm³/mol. The van der Waals surface area contributed by atoms with Crippen LogP contribution in [-0.2, 0) is 0 Å². The van der Waals surface area contributed by atoms with Crippen LogP contribution in [0, 0.1) is 0 Å². The minimum absolute atomic E-state index is 0.605. The summed E-state index contributed by atoms with van der Waals surface area (Å²) < 4.78 is 0. The molecule has 0 bridgehead atoms. The van der Waals surface area contributed by atoms with Crippen molar-refractivity contribution in [3.63, 3.8) is 0 Å². The van der Waals surface area contributed by atoms with Crippen LogP contribution < -0.4 is 5.73 Å². The zero-order valence-corrected chi connectivity index (χ0v) is 13.3. The van der Waals surface area contributed by atoms with Gasteiger partial charge in [0.2, 0.25) is 0 Å². The summed E-state index contributed by atoms with van der Waals surface area (Å²) in [4.78, 5) is 6.97. The van der Waals surface area contributed by atoms with E-state index in [0.717, 1.165) is 12.5 Å². The Hall–Kier alpha value is -0.730. The van der Waals surface area contributed by atoms with E-state index in [1.807, 2.05) is 0 Å². The molecule has 2 rings (SSSR count). The zero-order valence-electron chi connectivity index (χ0n) is 13.3. The van der Waals surface area contributed by atoms with Gasteiger partial charge in [0.05, 0.1) is 12.6 Å². The molecule has 1 heterocycles. The Kier molecular flexibility index (Phi) is 6.68. The van der Waals surface area contributed by atoms with Crippen LogP contribution in [0.3, 0.4) is 0 Å². The molecule has 3 heteroatoms. The second-order valence-corrected chi connectivity index (χ2v) is 6.61. The molecule has 2 N–H and O–H groups in total. The molecule has 0 saturated heterocycles. The fourth-order valence-electron chi connectivity index (χ4n) is 3.79. The van der Waals surface area contributed by atoms with Gasteiger partial charge in [-0.3, -0.25) is 4.99 Å². The van der Waals surface area contributed by atoms with Crippen LogP contribution in [0.5, 0.6) is 0 Å². The number of hydrogen-bond donors (Lipinski definition) is 1. The number of aliphatic imine (C=N–C) groups is 1. The van der Waals surface area contributed by atoms with Gasteiger partial charge in [0.1, 0.15) is 0 Å². The molecule has 20 heavy (non-hydrogen) atoms. The molecular weight excluding hydrogens is 246 g/mol. The highest BCUT2D eigenvalue weighted by molar-refractivity contribution is 5.80. The molecule has 0 aromatic rings. The number of nitrogens with two attached hydrogens (primary N) is 1. The summed E-state index contributed by atoms with van der Waals surface area (Å²) in [5, 5.41) is 0. The number of unbranched alkanes of at least 4 members (excludes halogenated alkanes) is 6. The summed E-state index contributed by atoms with van der Waals surface area (Å²) in [6.45, 7) is 3.22. The second kappa shape index (κ2) is 8.53. The van der Waals surface area contributed by atoms with E-state index in [1.165, 1.54) is 77.0 Å².